The van der Waals surface area contributed by atoms with Crippen molar-refractivity contribution in [3.63, 3.8) is 0 Å². The first-order chi connectivity index (χ1) is 15.0. The van der Waals surface area contributed by atoms with Gasteiger partial charge < -0.3 is 14.4 Å². The van der Waals surface area contributed by atoms with E-state index in [9.17, 15) is 9.59 Å². The largest absolute Gasteiger partial charge is 0.486 e. The molecule has 0 N–H and O–H groups in total. The number of carbonyl (C=O) groups excluding carboxylic acids is 1. The van der Waals surface area contributed by atoms with Gasteiger partial charge in [-0.05, 0) is 49.9 Å². The lowest BCUT2D eigenvalue weighted by Crippen LogP contribution is -2.32. The van der Waals surface area contributed by atoms with Gasteiger partial charge >= 0.3 is 0 Å². The van der Waals surface area contributed by atoms with E-state index in [1.165, 1.54) is 11.3 Å². The molecule has 5 rings (SSSR count). The molecule has 2 aliphatic heterocycles. The second-order valence-corrected chi connectivity index (χ2v) is 9.31. The summed E-state index contributed by atoms with van der Waals surface area (Å²) < 4.78 is 12.9. The molecule has 4 heterocycles. The Labute approximate surface area is 184 Å². The second-order valence-electron chi connectivity index (χ2n) is 8.10. The van der Waals surface area contributed by atoms with Crippen LogP contribution < -0.4 is 15.0 Å². The third-order valence-corrected chi connectivity index (χ3v) is 7.36. The maximum absolute atomic E-state index is 13.1. The van der Waals surface area contributed by atoms with E-state index in [4.69, 9.17) is 9.47 Å². The molecule has 1 unspecified atom stereocenters. The number of carbonyl (C=O) groups is 1. The molecule has 1 amide bonds. The van der Waals surface area contributed by atoms with Crippen molar-refractivity contribution in [3.05, 3.63) is 50.9 Å². The highest BCUT2D eigenvalue weighted by Crippen LogP contribution is 2.38. The summed E-state index contributed by atoms with van der Waals surface area (Å²) in [5, 5.41) is 0.674. The Morgan fingerprint density at radius 2 is 2.03 bits per heavy atom. The van der Waals surface area contributed by atoms with Gasteiger partial charge in [0.1, 0.15) is 18.0 Å². The summed E-state index contributed by atoms with van der Waals surface area (Å²) in [6, 6.07) is 5.97. The Hall–Kier alpha value is -2.87. The maximum atomic E-state index is 13.1. The van der Waals surface area contributed by atoms with Gasteiger partial charge in [-0.25, -0.2) is 4.98 Å². The molecule has 3 aromatic rings. The van der Waals surface area contributed by atoms with E-state index in [0.717, 1.165) is 51.7 Å². The minimum absolute atomic E-state index is 0.0300. The van der Waals surface area contributed by atoms with Gasteiger partial charge in [0.15, 0.2) is 11.5 Å². The van der Waals surface area contributed by atoms with Crippen LogP contribution in [0.25, 0.3) is 10.2 Å². The Bertz CT molecular complexity index is 1220. The van der Waals surface area contributed by atoms with Crippen LogP contribution in [0.15, 0.2) is 29.3 Å². The van der Waals surface area contributed by atoms with E-state index in [-0.39, 0.29) is 23.9 Å². The number of hydrogen-bond acceptors (Lipinski definition) is 6. The molecule has 0 aliphatic carbocycles. The number of aromatic nitrogens is 2. The fourth-order valence-corrected chi connectivity index (χ4v) is 5.46. The molecule has 2 aromatic heterocycles. The number of amides is 1. The molecule has 1 atom stereocenters. The van der Waals surface area contributed by atoms with Crippen LogP contribution in [-0.4, -0.2) is 40.1 Å². The Morgan fingerprint density at radius 3 is 2.87 bits per heavy atom. The molecule has 0 radical (unpaired) electrons. The summed E-state index contributed by atoms with van der Waals surface area (Å²) >= 11 is 1.54. The van der Waals surface area contributed by atoms with Crippen LogP contribution >= 0.6 is 11.3 Å². The molecule has 31 heavy (non-hydrogen) atoms. The number of nitrogens with zero attached hydrogens (tertiary/aromatic N) is 3. The fourth-order valence-electron chi connectivity index (χ4n) is 4.47. The van der Waals surface area contributed by atoms with Gasteiger partial charge in [-0.3, -0.25) is 14.2 Å². The molecule has 2 aliphatic rings. The molecule has 1 saturated heterocycles. The van der Waals surface area contributed by atoms with Crippen molar-refractivity contribution in [1.82, 2.24) is 14.5 Å². The van der Waals surface area contributed by atoms with Gasteiger partial charge in [0.05, 0.1) is 17.8 Å². The van der Waals surface area contributed by atoms with Gasteiger partial charge in [-0.2, -0.15) is 0 Å². The van der Waals surface area contributed by atoms with Crippen LogP contribution in [0.2, 0.25) is 0 Å². The fraction of sp³-hybridized carbons (Fsp3) is 0.435. The van der Waals surface area contributed by atoms with Crippen molar-refractivity contribution >= 4 is 27.5 Å². The minimum atomic E-state index is -0.0653. The number of thiophene rings is 1. The highest BCUT2D eigenvalue weighted by Gasteiger charge is 2.30. The number of aryl methyl sites for hydroxylation is 3. The number of hydrogen-bond donors (Lipinski definition) is 0. The molecule has 0 spiro atoms. The lowest BCUT2D eigenvalue weighted by Gasteiger charge is -2.27. The molecule has 162 valence electrons. The highest BCUT2D eigenvalue weighted by molar-refractivity contribution is 7.18. The van der Waals surface area contributed by atoms with Crippen molar-refractivity contribution in [2.24, 2.45) is 0 Å². The van der Waals surface area contributed by atoms with Gasteiger partial charge in [0.2, 0.25) is 5.91 Å². The van der Waals surface area contributed by atoms with Crippen LogP contribution in [0.3, 0.4) is 0 Å². The summed E-state index contributed by atoms with van der Waals surface area (Å²) in [4.78, 5) is 34.2. The van der Waals surface area contributed by atoms with E-state index in [1.54, 1.807) is 10.9 Å². The summed E-state index contributed by atoms with van der Waals surface area (Å²) in [5.41, 5.74) is 1.99. The third-order valence-electron chi connectivity index (χ3n) is 6.25. The van der Waals surface area contributed by atoms with Crippen molar-refractivity contribution < 1.29 is 14.3 Å². The normalized spacial score (nSPS) is 18.0. The summed E-state index contributed by atoms with van der Waals surface area (Å²) in [6.07, 6.45) is 3.73. The number of ether oxygens (including phenoxy) is 2. The Kier molecular flexibility index (Phi) is 5.17. The highest BCUT2D eigenvalue weighted by atomic mass is 32.1. The predicted octanol–water partition coefficient (Wildman–Crippen LogP) is 3.60. The van der Waals surface area contributed by atoms with Crippen molar-refractivity contribution in [1.29, 1.82) is 0 Å². The summed E-state index contributed by atoms with van der Waals surface area (Å²) in [6.45, 7) is 6.12. The molecular formula is C23H25N3O4S. The van der Waals surface area contributed by atoms with Gasteiger partial charge in [-0.1, -0.05) is 6.07 Å². The number of benzene rings is 1. The monoisotopic (exact) mass is 439 g/mol. The summed E-state index contributed by atoms with van der Waals surface area (Å²) in [5.74, 6) is 1.56. The van der Waals surface area contributed by atoms with Gasteiger partial charge in [0, 0.05) is 24.4 Å². The molecule has 0 saturated carbocycles. The van der Waals surface area contributed by atoms with E-state index < -0.39 is 0 Å². The number of rotatable bonds is 4. The second kappa shape index (κ2) is 8.00. The Balaban J connectivity index is 1.32. The topological polar surface area (TPSA) is 73.7 Å². The SMILES string of the molecule is Cc1sc2ncn(CCC(=O)N3CCCC3c3ccc4c(c3)OCCO4)c(=O)c2c1C. The third kappa shape index (κ3) is 3.59. The Morgan fingerprint density at radius 1 is 1.23 bits per heavy atom. The molecular weight excluding hydrogens is 414 g/mol. The first-order valence-electron chi connectivity index (χ1n) is 10.7. The zero-order valence-electron chi connectivity index (χ0n) is 17.7. The molecule has 8 heteroatoms. The maximum Gasteiger partial charge on any atom is 0.262 e. The minimum Gasteiger partial charge on any atom is -0.486 e. The van der Waals surface area contributed by atoms with Crippen molar-refractivity contribution in [2.75, 3.05) is 19.8 Å². The quantitative estimate of drug-likeness (QED) is 0.621. The van der Waals surface area contributed by atoms with E-state index in [1.807, 2.05) is 36.9 Å². The average molecular weight is 440 g/mol. The number of fused-ring (bicyclic) bond motifs is 2. The smallest absolute Gasteiger partial charge is 0.262 e. The van der Waals surface area contributed by atoms with Crippen LogP contribution in [0.1, 0.15) is 41.3 Å². The van der Waals surface area contributed by atoms with E-state index in [2.05, 4.69) is 4.98 Å². The van der Waals surface area contributed by atoms with Crippen molar-refractivity contribution in [2.45, 2.75) is 45.7 Å². The standard InChI is InChI=1S/C23H25N3O4S/c1-14-15(2)31-22-21(14)23(28)25(13-24-22)9-7-20(27)26-8-3-4-17(26)16-5-6-18-19(12-16)30-11-10-29-18/h5-6,12-13,17H,3-4,7-11H2,1-2H3. The van der Waals surface area contributed by atoms with Gasteiger partial charge in [0.25, 0.3) is 5.56 Å². The van der Waals surface area contributed by atoms with Crippen LogP contribution in [-0.2, 0) is 11.3 Å². The molecule has 0 bridgehead atoms. The van der Waals surface area contributed by atoms with Gasteiger partial charge in [-0.15, -0.1) is 11.3 Å². The van der Waals surface area contributed by atoms with E-state index >= 15 is 0 Å². The van der Waals surface area contributed by atoms with Crippen molar-refractivity contribution in [3.8, 4) is 11.5 Å². The average Bonchev–Trinajstić information content (AvgIpc) is 3.38. The summed E-state index contributed by atoms with van der Waals surface area (Å²) in [7, 11) is 0. The molecule has 1 aromatic carbocycles. The van der Waals surface area contributed by atoms with Crippen LogP contribution in [0, 0.1) is 13.8 Å². The lowest BCUT2D eigenvalue weighted by atomic mass is 10.0. The molecule has 7 nitrogen and oxygen atoms in total. The van der Waals surface area contributed by atoms with E-state index in [0.29, 0.717) is 25.1 Å². The molecule has 1 fully saturated rings. The zero-order valence-corrected chi connectivity index (χ0v) is 18.5. The lowest BCUT2D eigenvalue weighted by molar-refractivity contribution is -0.132. The first kappa shape index (κ1) is 20.1. The predicted molar refractivity (Wildman–Crippen MR) is 119 cm³/mol. The van der Waals surface area contributed by atoms with Crippen LogP contribution in [0.5, 0.6) is 11.5 Å². The first-order valence-corrected chi connectivity index (χ1v) is 11.5. The zero-order chi connectivity index (χ0) is 21.5. The number of likely N-dealkylation sites (tertiary alicyclic amines) is 1. The van der Waals surface area contributed by atoms with Crippen LogP contribution in [0.4, 0.5) is 0 Å².